The van der Waals surface area contributed by atoms with Crippen molar-refractivity contribution in [3.8, 4) is 11.3 Å². The highest BCUT2D eigenvalue weighted by molar-refractivity contribution is 5.88. The molecule has 112 valence electrons. The van der Waals surface area contributed by atoms with Gasteiger partial charge in [-0.3, -0.25) is 4.98 Å². The molecule has 0 spiro atoms. The molecule has 0 aliphatic heterocycles. The summed E-state index contributed by atoms with van der Waals surface area (Å²) < 4.78 is 38.5. The van der Waals surface area contributed by atoms with Gasteiger partial charge in [-0.2, -0.15) is 13.2 Å². The van der Waals surface area contributed by atoms with Crippen LogP contribution in [0.5, 0.6) is 0 Å². The maximum atomic E-state index is 12.8. The lowest BCUT2D eigenvalue weighted by atomic mass is 10.0. The van der Waals surface area contributed by atoms with Crippen LogP contribution in [0.4, 0.5) is 13.2 Å². The summed E-state index contributed by atoms with van der Waals surface area (Å²) in [4.78, 5) is 4.49. The van der Waals surface area contributed by atoms with Crippen molar-refractivity contribution in [1.29, 1.82) is 0 Å². The number of pyridine rings is 1. The fourth-order valence-corrected chi connectivity index (χ4v) is 2.59. The molecule has 0 fully saturated rings. The first-order chi connectivity index (χ1) is 10.4. The number of aryl methyl sites for hydroxylation is 2. The zero-order chi connectivity index (χ0) is 15.9. The molecule has 0 aliphatic rings. The third kappa shape index (κ3) is 2.56. The molecule has 0 N–H and O–H groups in total. The van der Waals surface area contributed by atoms with Gasteiger partial charge in [0.25, 0.3) is 0 Å². The van der Waals surface area contributed by atoms with E-state index in [1.807, 2.05) is 37.3 Å². The SMILES string of the molecule is Cc1ccccc1-c1cc2ccc(C(F)(F)F)cc2c(C)n1. The van der Waals surface area contributed by atoms with Gasteiger partial charge in [-0.1, -0.05) is 30.3 Å². The molecule has 0 aliphatic carbocycles. The number of nitrogens with zero attached hydrogens (tertiary/aromatic N) is 1. The molecule has 1 nitrogen and oxygen atoms in total. The van der Waals surface area contributed by atoms with E-state index in [-0.39, 0.29) is 0 Å². The average Bonchev–Trinajstić information content (AvgIpc) is 2.46. The van der Waals surface area contributed by atoms with Crippen LogP contribution in [0, 0.1) is 13.8 Å². The molecule has 0 saturated heterocycles. The smallest absolute Gasteiger partial charge is 0.252 e. The summed E-state index contributed by atoms with van der Waals surface area (Å²) in [6.45, 7) is 3.73. The zero-order valence-electron chi connectivity index (χ0n) is 12.2. The van der Waals surface area contributed by atoms with Crippen LogP contribution in [0.3, 0.4) is 0 Å². The number of hydrogen-bond acceptors (Lipinski definition) is 1. The first-order valence-corrected chi connectivity index (χ1v) is 6.91. The van der Waals surface area contributed by atoms with E-state index in [9.17, 15) is 13.2 Å². The van der Waals surface area contributed by atoms with E-state index in [1.54, 1.807) is 6.92 Å². The lowest BCUT2D eigenvalue weighted by Crippen LogP contribution is -2.04. The molecule has 3 rings (SSSR count). The normalized spacial score (nSPS) is 11.9. The highest BCUT2D eigenvalue weighted by Crippen LogP contribution is 2.33. The van der Waals surface area contributed by atoms with Gasteiger partial charge in [0.05, 0.1) is 11.3 Å². The summed E-state index contributed by atoms with van der Waals surface area (Å²) in [5.41, 5.74) is 2.81. The van der Waals surface area contributed by atoms with Gasteiger partial charge in [0.1, 0.15) is 0 Å². The second-order valence-corrected chi connectivity index (χ2v) is 5.34. The number of hydrogen-bond donors (Lipinski definition) is 0. The fourth-order valence-electron chi connectivity index (χ4n) is 2.59. The Balaban J connectivity index is 2.20. The van der Waals surface area contributed by atoms with Crippen molar-refractivity contribution >= 4 is 10.8 Å². The predicted octanol–water partition coefficient (Wildman–Crippen LogP) is 5.54. The second kappa shape index (κ2) is 5.13. The van der Waals surface area contributed by atoms with E-state index < -0.39 is 11.7 Å². The highest BCUT2D eigenvalue weighted by Gasteiger charge is 2.30. The van der Waals surface area contributed by atoms with Crippen LogP contribution in [0.1, 0.15) is 16.8 Å². The molecule has 0 unspecified atom stereocenters. The molecule has 22 heavy (non-hydrogen) atoms. The number of fused-ring (bicyclic) bond motifs is 1. The fraction of sp³-hybridized carbons (Fsp3) is 0.167. The second-order valence-electron chi connectivity index (χ2n) is 5.34. The van der Waals surface area contributed by atoms with Gasteiger partial charge in [-0.25, -0.2) is 0 Å². The lowest BCUT2D eigenvalue weighted by Gasteiger charge is -2.11. The third-order valence-corrected chi connectivity index (χ3v) is 3.77. The van der Waals surface area contributed by atoms with Gasteiger partial charge in [0.2, 0.25) is 0 Å². The van der Waals surface area contributed by atoms with Crippen LogP contribution in [-0.2, 0) is 6.18 Å². The maximum absolute atomic E-state index is 12.8. The molecule has 3 aromatic rings. The lowest BCUT2D eigenvalue weighted by molar-refractivity contribution is -0.137. The van der Waals surface area contributed by atoms with Gasteiger partial charge in [0, 0.05) is 16.6 Å². The Morgan fingerprint density at radius 1 is 0.909 bits per heavy atom. The van der Waals surface area contributed by atoms with Crippen LogP contribution < -0.4 is 0 Å². The molecule has 4 heteroatoms. The van der Waals surface area contributed by atoms with Crippen molar-refractivity contribution in [1.82, 2.24) is 4.98 Å². The monoisotopic (exact) mass is 301 g/mol. The largest absolute Gasteiger partial charge is 0.416 e. The molecule has 0 atom stereocenters. The number of alkyl halides is 3. The van der Waals surface area contributed by atoms with Gasteiger partial charge in [-0.15, -0.1) is 0 Å². The minimum absolute atomic E-state index is 0.534. The highest BCUT2D eigenvalue weighted by atomic mass is 19.4. The summed E-state index contributed by atoms with van der Waals surface area (Å²) in [5.74, 6) is 0. The van der Waals surface area contributed by atoms with Crippen LogP contribution in [0.25, 0.3) is 22.0 Å². The topological polar surface area (TPSA) is 12.9 Å². The van der Waals surface area contributed by atoms with E-state index in [1.165, 1.54) is 12.1 Å². The molecular formula is C18H14F3N. The Hall–Kier alpha value is -2.36. The van der Waals surface area contributed by atoms with Crippen molar-refractivity contribution in [2.24, 2.45) is 0 Å². The van der Waals surface area contributed by atoms with Crippen molar-refractivity contribution < 1.29 is 13.2 Å². The van der Waals surface area contributed by atoms with Crippen LogP contribution in [0.15, 0.2) is 48.5 Å². The van der Waals surface area contributed by atoms with Gasteiger partial charge in [-0.05, 0) is 43.0 Å². The summed E-state index contributed by atoms with van der Waals surface area (Å²) in [6, 6.07) is 13.5. The van der Waals surface area contributed by atoms with Gasteiger partial charge in [0.15, 0.2) is 0 Å². The predicted molar refractivity (Wildman–Crippen MR) is 81.7 cm³/mol. The third-order valence-electron chi connectivity index (χ3n) is 3.77. The van der Waals surface area contributed by atoms with Crippen LogP contribution in [0.2, 0.25) is 0 Å². The van der Waals surface area contributed by atoms with Crippen molar-refractivity contribution in [2.45, 2.75) is 20.0 Å². The van der Waals surface area contributed by atoms with Crippen LogP contribution >= 0.6 is 0 Å². The molecule has 1 heterocycles. The Labute approximate surface area is 126 Å². The number of rotatable bonds is 1. The van der Waals surface area contributed by atoms with E-state index in [0.717, 1.165) is 28.3 Å². The first-order valence-electron chi connectivity index (χ1n) is 6.91. The Bertz CT molecular complexity index is 851. The molecule has 0 bridgehead atoms. The van der Waals surface area contributed by atoms with Crippen molar-refractivity contribution in [3.05, 3.63) is 65.4 Å². The summed E-state index contributed by atoms with van der Waals surface area (Å²) in [5, 5.41) is 1.30. The minimum atomic E-state index is -4.34. The van der Waals surface area contributed by atoms with Crippen LogP contribution in [-0.4, -0.2) is 4.98 Å². The summed E-state index contributed by atoms with van der Waals surface area (Å²) in [7, 11) is 0. The van der Waals surface area contributed by atoms with E-state index in [0.29, 0.717) is 11.1 Å². The van der Waals surface area contributed by atoms with Crippen molar-refractivity contribution in [2.75, 3.05) is 0 Å². The minimum Gasteiger partial charge on any atom is -0.252 e. The number of halogens is 3. The molecule has 2 aromatic carbocycles. The average molecular weight is 301 g/mol. The molecule has 0 amide bonds. The van der Waals surface area contributed by atoms with E-state index >= 15 is 0 Å². The maximum Gasteiger partial charge on any atom is 0.416 e. The van der Waals surface area contributed by atoms with E-state index in [4.69, 9.17) is 0 Å². The molecule has 1 aromatic heterocycles. The first kappa shape index (κ1) is 14.6. The number of aromatic nitrogens is 1. The Kier molecular flexibility index (Phi) is 3.39. The summed E-state index contributed by atoms with van der Waals surface area (Å²) >= 11 is 0. The van der Waals surface area contributed by atoms with Gasteiger partial charge >= 0.3 is 6.18 Å². The molecular weight excluding hydrogens is 287 g/mol. The van der Waals surface area contributed by atoms with Crippen molar-refractivity contribution in [3.63, 3.8) is 0 Å². The quantitative estimate of drug-likeness (QED) is 0.575. The number of benzene rings is 2. The molecule has 0 saturated carbocycles. The summed E-state index contributed by atoms with van der Waals surface area (Å²) in [6.07, 6.45) is -4.34. The Morgan fingerprint density at radius 3 is 2.32 bits per heavy atom. The molecule has 0 radical (unpaired) electrons. The Morgan fingerprint density at radius 2 is 1.64 bits per heavy atom. The standard InChI is InChI=1S/C18H14F3N/c1-11-5-3-4-6-15(11)17-9-13-7-8-14(18(19,20)21)10-16(13)12(2)22-17/h3-10H,1-2H3. The van der Waals surface area contributed by atoms with Gasteiger partial charge < -0.3 is 0 Å². The van der Waals surface area contributed by atoms with E-state index in [2.05, 4.69) is 4.98 Å². The zero-order valence-corrected chi connectivity index (χ0v) is 12.2.